The number of benzene rings is 2. The molecule has 1 atom stereocenters. The molecule has 0 aliphatic rings. The van der Waals surface area contributed by atoms with Crippen molar-refractivity contribution in [3.8, 4) is 6.07 Å². The van der Waals surface area contributed by atoms with E-state index in [1.54, 1.807) is 42.5 Å². The van der Waals surface area contributed by atoms with Crippen molar-refractivity contribution in [2.45, 2.75) is 13.0 Å². The minimum absolute atomic E-state index is 0.186. The van der Waals surface area contributed by atoms with Crippen LogP contribution >= 0.6 is 11.6 Å². The Hall–Kier alpha value is -2.84. The highest BCUT2D eigenvalue weighted by atomic mass is 35.5. The molecule has 1 amide bonds. The zero-order chi connectivity index (χ0) is 16.8. The molecular formula is C17H13ClN2O3. The number of ether oxygens (including phenoxy) is 1. The van der Waals surface area contributed by atoms with Gasteiger partial charge in [-0.3, -0.25) is 4.79 Å². The maximum absolute atomic E-state index is 12.1. The largest absolute Gasteiger partial charge is 0.449 e. The second-order valence-corrected chi connectivity index (χ2v) is 5.08. The number of carbonyl (C=O) groups excluding carboxylic acids is 2. The van der Waals surface area contributed by atoms with Crippen LogP contribution in [0.4, 0.5) is 5.69 Å². The number of nitrogens with one attached hydrogen (secondary N) is 1. The number of nitrogens with zero attached hydrogens (tertiary/aromatic N) is 1. The fourth-order valence-electron chi connectivity index (χ4n) is 1.83. The number of esters is 1. The third kappa shape index (κ3) is 4.09. The molecular weight excluding hydrogens is 316 g/mol. The molecule has 2 rings (SSSR count). The maximum Gasteiger partial charge on any atom is 0.340 e. The maximum atomic E-state index is 12.1. The first-order valence-corrected chi connectivity index (χ1v) is 7.16. The van der Waals surface area contributed by atoms with E-state index >= 15 is 0 Å². The number of para-hydroxylation sites is 1. The van der Waals surface area contributed by atoms with E-state index in [4.69, 9.17) is 21.6 Å². The normalized spacial score (nSPS) is 11.2. The first-order valence-electron chi connectivity index (χ1n) is 6.78. The Labute approximate surface area is 138 Å². The number of amides is 1. The summed E-state index contributed by atoms with van der Waals surface area (Å²) in [4.78, 5) is 24.1. The SMILES string of the molecule is CC(OC(=O)c1ccccc1Cl)C(=O)Nc1ccccc1C#N. The molecule has 6 heteroatoms. The number of rotatable bonds is 4. The lowest BCUT2D eigenvalue weighted by atomic mass is 10.2. The Morgan fingerprint density at radius 2 is 1.83 bits per heavy atom. The van der Waals surface area contributed by atoms with Crippen LogP contribution in [0, 0.1) is 11.3 Å². The molecule has 1 unspecified atom stereocenters. The van der Waals surface area contributed by atoms with Crippen molar-refractivity contribution in [2.75, 3.05) is 5.32 Å². The van der Waals surface area contributed by atoms with E-state index in [1.165, 1.54) is 13.0 Å². The van der Waals surface area contributed by atoms with Gasteiger partial charge in [0.2, 0.25) is 0 Å². The van der Waals surface area contributed by atoms with E-state index in [0.29, 0.717) is 11.3 Å². The zero-order valence-corrected chi connectivity index (χ0v) is 13.0. The predicted octanol–water partition coefficient (Wildman–Crippen LogP) is 3.40. The Bertz CT molecular complexity index is 783. The van der Waals surface area contributed by atoms with Crippen molar-refractivity contribution in [3.63, 3.8) is 0 Å². The molecule has 5 nitrogen and oxygen atoms in total. The molecule has 0 fully saturated rings. The molecule has 0 heterocycles. The summed E-state index contributed by atoms with van der Waals surface area (Å²) in [6, 6.07) is 14.9. The summed E-state index contributed by atoms with van der Waals surface area (Å²) in [6.45, 7) is 1.44. The molecule has 23 heavy (non-hydrogen) atoms. The summed E-state index contributed by atoms with van der Waals surface area (Å²) in [7, 11) is 0. The lowest BCUT2D eigenvalue weighted by molar-refractivity contribution is -0.123. The average molecular weight is 329 g/mol. The van der Waals surface area contributed by atoms with Gasteiger partial charge >= 0.3 is 5.97 Å². The molecule has 0 saturated carbocycles. The summed E-state index contributed by atoms with van der Waals surface area (Å²) in [5, 5.41) is 11.8. The van der Waals surface area contributed by atoms with Crippen LogP contribution in [-0.4, -0.2) is 18.0 Å². The molecule has 0 aromatic heterocycles. The first kappa shape index (κ1) is 16.5. The van der Waals surface area contributed by atoms with Gasteiger partial charge in [-0.1, -0.05) is 35.9 Å². The number of carbonyl (C=O) groups is 2. The van der Waals surface area contributed by atoms with Crippen LogP contribution in [0.5, 0.6) is 0 Å². The monoisotopic (exact) mass is 328 g/mol. The first-order chi connectivity index (χ1) is 11.0. The molecule has 0 aliphatic carbocycles. The second-order valence-electron chi connectivity index (χ2n) is 4.67. The minimum atomic E-state index is -1.04. The molecule has 0 bridgehead atoms. The quantitative estimate of drug-likeness (QED) is 0.872. The lowest BCUT2D eigenvalue weighted by Gasteiger charge is -2.14. The van der Waals surface area contributed by atoms with Gasteiger partial charge in [0.1, 0.15) is 6.07 Å². The van der Waals surface area contributed by atoms with Crippen LogP contribution in [0.2, 0.25) is 5.02 Å². The highest BCUT2D eigenvalue weighted by Gasteiger charge is 2.21. The highest BCUT2D eigenvalue weighted by molar-refractivity contribution is 6.33. The van der Waals surface area contributed by atoms with Crippen LogP contribution in [0.25, 0.3) is 0 Å². The second kappa shape index (κ2) is 7.43. The van der Waals surface area contributed by atoms with Crippen molar-refractivity contribution in [1.82, 2.24) is 0 Å². The van der Waals surface area contributed by atoms with Gasteiger partial charge in [0, 0.05) is 0 Å². The van der Waals surface area contributed by atoms with E-state index in [0.717, 1.165) is 0 Å². The van der Waals surface area contributed by atoms with E-state index in [9.17, 15) is 9.59 Å². The third-order valence-corrected chi connectivity index (χ3v) is 3.38. The average Bonchev–Trinajstić information content (AvgIpc) is 2.55. The van der Waals surface area contributed by atoms with Gasteiger partial charge in [-0.25, -0.2) is 4.79 Å². The van der Waals surface area contributed by atoms with Gasteiger partial charge in [-0.05, 0) is 31.2 Å². The van der Waals surface area contributed by atoms with Gasteiger partial charge in [-0.15, -0.1) is 0 Å². The van der Waals surface area contributed by atoms with Crippen LogP contribution < -0.4 is 5.32 Å². The number of halogens is 1. The van der Waals surface area contributed by atoms with Gasteiger partial charge in [0.25, 0.3) is 5.91 Å². The summed E-state index contributed by atoms with van der Waals surface area (Å²) < 4.78 is 5.11. The molecule has 1 N–H and O–H groups in total. The van der Waals surface area contributed by atoms with Gasteiger partial charge in [0.05, 0.1) is 21.8 Å². The standard InChI is InChI=1S/C17H13ClN2O3/c1-11(23-17(22)13-7-3-4-8-14(13)18)16(21)20-15-9-5-2-6-12(15)10-19/h2-9,11H,1H3,(H,20,21). The Morgan fingerprint density at radius 3 is 2.52 bits per heavy atom. The molecule has 116 valence electrons. The molecule has 0 radical (unpaired) electrons. The van der Waals surface area contributed by atoms with Crippen molar-refractivity contribution in [2.24, 2.45) is 0 Å². The Kier molecular flexibility index (Phi) is 5.34. The number of anilines is 1. The van der Waals surface area contributed by atoms with E-state index in [-0.39, 0.29) is 10.6 Å². The summed E-state index contributed by atoms with van der Waals surface area (Å²) >= 11 is 5.91. The smallest absolute Gasteiger partial charge is 0.340 e. The van der Waals surface area contributed by atoms with Crippen molar-refractivity contribution in [1.29, 1.82) is 5.26 Å². The summed E-state index contributed by atoms with van der Waals surface area (Å²) in [5.41, 5.74) is 0.873. The molecule has 2 aromatic rings. The van der Waals surface area contributed by atoms with Crippen molar-refractivity contribution >= 4 is 29.2 Å². The van der Waals surface area contributed by atoms with Crippen molar-refractivity contribution in [3.05, 3.63) is 64.7 Å². The van der Waals surface area contributed by atoms with Gasteiger partial charge in [-0.2, -0.15) is 5.26 Å². The zero-order valence-electron chi connectivity index (χ0n) is 12.2. The van der Waals surface area contributed by atoms with Gasteiger partial charge in [0.15, 0.2) is 6.10 Å². The summed E-state index contributed by atoms with van der Waals surface area (Å²) in [5.74, 6) is -1.22. The van der Waals surface area contributed by atoms with Crippen LogP contribution in [0.3, 0.4) is 0 Å². The van der Waals surface area contributed by atoms with Crippen LogP contribution in [0.15, 0.2) is 48.5 Å². The van der Waals surface area contributed by atoms with E-state index in [1.807, 2.05) is 6.07 Å². The van der Waals surface area contributed by atoms with Crippen molar-refractivity contribution < 1.29 is 14.3 Å². The number of nitriles is 1. The highest BCUT2D eigenvalue weighted by Crippen LogP contribution is 2.18. The number of hydrogen-bond donors (Lipinski definition) is 1. The van der Waals surface area contributed by atoms with Crippen LogP contribution in [0.1, 0.15) is 22.8 Å². The Morgan fingerprint density at radius 1 is 1.17 bits per heavy atom. The third-order valence-electron chi connectivity index (χ3n) is 3.05. The fourth-order valence-corrected chi connectivity index (χ4v) is 2.04. The van der Waals surface area contributed by atoms with Crippen LogP contribution in [-0.2, 0) is 9.53 Å². The fraction of sp³-hybridized carbons (Fsp3) is 0.118. The lowest BCUT2D eigenvalue weighted by Crippen LogP contribution is -2.30. The molecule has 0 saturated heterocycles. The molecule has 0 aliphatic heterocycles. The Balaban J connectivity index is 2.05. The predicted molar refractivity (Wildman–Crippen MR) is 86.1 cm³/mol. The molecule has 2 aromatic carbocycles. The van der Waals surface area contributed by atoms with E-state index in [2.05, 4.69) is 5.32 Å². The molecule has 0 spiro atoms. The van der Waals surface area contributed by atoms with Gasteiger partial charge < -0.3 is 10.1 Å². The topological polar surface area (TPSA) is 79.2 Å². The van der Waals surface area contributed by atoms with E-state index < -0.39 is 18.0 Å². The summed E-state index contributed by atoms with van der Waals surface area (Å²) in [6.07, 6.45) is -1.04. The minimum Gasteiger partial charge on any atom is -0.449 e. The number of hydrogen-bond acceptors (Lipinski definition) is 4.